The van der Waals surface area contributed by atoms with Crippen molar-refractivity contribution in [3.63, 3.8) is 0 Å². The Bertz CT molecular complexity index is 2740. The van der Waals surface area contributed by atoms with Crippen molar-refractivity contribution >= 4 is 60.1 Å². The van der Waals surface area contributed by atoms with Crippen LogP contribution in [0.15, 0.2) is 173 Å². The van der Waals surface area contributed by atoms with Gasteiger partial charge >= 0.3 is 0 Å². The summed E-state index contributed by atoms with van der Waals surface area (Å²) in [6.07, 6.45) is -0.383. The zero-order valence-corrected chi connectivity index (χ0v) is 26.6. The van der Waals surface area contributed by atoms with E-state index in [1.807, 2.05) is 0 Å². The van der Waals surface area contributed by atoms with Gasteiger partial charge in [-0.2, -0.15) is 0 Å². The molecule has 0 aliphatic carbocycles. The average Bonchev–Trinajstić information content (AvgIpc) is 3.56. The first-order valence-electron chi connectivity index (χ1n) is 16.8. The molecule has 2 atom stereocenters. The van der Waals surface area contributed by atoms with Gasteiger partial charge in [-0.25, -0.2) is 4.99 Å². The molecule has 232 valence electrons. The Labute approximate surface area is 283 Å². The van der Waals surface area contributed by atoms with Crippen LogP contribution in [0.1, 0.15) is 29.0 Å². The molecule has 0 bridgehead atoms. The second-order valence-electron chi connectivity index (χ2n) is 12.9. The number of hydrogen-bond acceptors (Lipinski definition) is 4. The second kappa shape index (κ2) is 11.2. The number of hydrogen-bond donors (Lipinski definition) is 2. The van der Waals surface area contributed by atoms with E-state index in [0.717, 1.165) is 50.0 Å². The Morgan fingerprint density at radius 1 is 0.469 bits per heavy atom. The minimum absolute atomic E-state index is 0.136. The second-order valence-corrected chi connectivity index (χ2v) is 12.9. The number of amidine groups is 1. The van der Waals surface area contributed by atoms with Gasteiger partial charge in [-0.1, -0.05) is 133 Å². The minimum Gasteiger partial charge on any atom is -0.456 e. The molecule has 49 heavy (non-hydrogen) atoms. The molecule has 0 saturated carbocycles. The number of nitrogens with zero attached hydrogens (tertiary/aromatic N) is 1. The summed E-state index contributed by atoms with van der Waals surface area (Å²) in [5.41, 5.74) is 7.32. The van der Waals surface area contributed by atoms with Gasteiger partial charge in [-0.15, -0.1) is 0 Å². The van der Waals surface area contributed by atoms with Gasteiger partial charge < -0.3 is 9.73 Å². The van der Waals surface area contributed by atoms with Crippen LogP contribution in [0, 0.1) is 0 Å². The van der Waals surface area contributed by atoms with Crippen molar-refractivity contribution in [1.29, 1.82) is 0 Å². The summed E-state index contributed by atoms with van der Waals surface area (Å²) in [4.78, 5) is 5.33. The molecular formula is C45H31N3O. The highest BCUT2D eigenvalue weighted by Crippen LogP contribution is 2.37. The van der Waals surface area contributed by atoms with Crippen LogP contribution < -0.4 is 10.6 Å². The monoisotopic (exact) mass is 629 g/mol. The fourth-order valence-electron chi connectivity index (χ4n) is 7.46. The predicted octanol–water partition coefficient (Wildman–Crippen LogP) is 11.0. The van der Waals surface area contributed by atoms with Gasteiger partial charge in [0, 0.05) is 16.3 Å². The average molecular weight is 630 g/mol. The SMILES string of the molecule is c1ccc(C2NC(c3cccc4oc5ccc(-c6ccc7c(ccc8ccccc87)c6)cc5c34)=NC(c3ccc4ccccc4c3)N2)cc1. The Hall–Kier alpha value is -6.23. The lowest BCUT2D eigenvalue weighted by Gasteiger charge is -2.32. The summed E-state index contributed by atoms with van der Waals surface area (Å²) in [6.45, 7) is 0. The molecule has 1 aliphatic heterocycles. The van der Waals surface area contributed by atoms with Gasteiger partial charge in [0.05, 0.1) is 0 Å². The Balaban J connectivity index is 1.12. The van der Waals surface area contributed by atoms with Crippen LogP contribution in [0.5, 0.6) is 0 Å². The normalized spacial score (nSPS) is 16.4. The van der Waals surface area contributed by atoms with E-state index in [9.17, 15) is 0 Å². The lowest BCUT2D eigenvalue weighted by molar-refractivity contribution is 0.409. The van der Waals surface area contributed by atoms with Crippen LogP contribution in [-0.4, -0.2) is 5.84 Å². The maximum atomic E-state index is 6.47. The lowest BCUT2D eigenvalue weighted by atomic mass is 9.96. The smallest absolute Gasteiger partial charge is 0.136 e. The molecule has 8 aromatic carbocycles. The molecule has 9 aromatic rings. The van der Waals surface area contributed by atoms with Crippen LogP contribution in [0.2, 0.25) is 0 Å². The van der Waals surface area contributed by atoms with Gasteiger partial charge in [0.1, 0.15) is 29.3 Å². The first kappa shape index (κ1) is 27.8. The van der Waals surface area contributed by atoms with Crippen LogP contribution in [0.25, 0.3) is 65.4 Å². The predicted molar refractivity (Wildman–Crippen MR) is 203 cm³/mol. The van der Waals surface area contributed by atoms with Crippen molar-refractivity contribution in [2.24, 2.45) is 4.99 Å². The lowest BCUT2D eigenvalue weighted by Crippen LogP contribution is -2.45. The van der Waals surface area contributed by atoms with Crippen molar-refractivity contribution in [2.45, 2.75) is 12.3 Å². The highest BCUT2D eigenvalue weighted by Gasteiger charge is 2.27. The third-order valence-electron chi connectivity index (χ3n) is 9.91. The largest absolute Gasteiger partial charge is 0.456 e. The molecule has 2 heterocycles. The molecule has 2 N–H and O–H groups in total. The fraction of sp³-hybridized carbons (Fsp3) is 0.0444. The molecule has 0 amide bonds. The van der Waals surface area contributed by atoms with Crippen molar-refractivity contribution < 1.29 is 4.42 Å². The molecule has 10 rings (SSSR count). The van der Waals surface area contributed by atoms with Crippen molar-refractivity contribution in [3.8, 4) is 11.1 Å². The Morgan fingerprint density at radius 3 is 2.12 bits per heavy atom. The van der Waals surface area contributed by atoms with Gasteiger partial charge in [0.2, 0.25) is 0 Å². The minimum atomic E-state index is -0.247. The van der Waals surface area contributed by atoms with Gasteiger partial charge in [0.15, 0.2) is 0 Å². The first-order valence-corrected chi connectivity index (χ1v) is 16.8. The quantitative estimate of drug-likeness (QED) is 0.190. The number of aliphatic imine (C=N–C) groups is 1. The van der Waals surface area contributed by atoms with E-state index in [0.29, 0.717) is 0 Å². The third-order valence-corrected chi connectivity index (χ3v) is 9.91. The maximum absolute atomic E-state index is 6.47. The topological polar surface area (TPSA) is 49.6 Å². The third kappa shape index (κ3) is 4.76. The van der Waals surface area contributed by atoms with Gasteiger partial charge in [-0.05, 0) is 84.9 Å². The van der Waals surface area contributed by atoms with Gasteiger partial charge in [0.25, 0.3) is 0 Å². The molecule has 1 aliphatic rings. The summed E-state index contributed by atoms with van der Waals surface area (Å²) in [7, 11) is 0. The highest BCUT2D eigenvalue weighted by molar-refractivity contribution is 6.18. The highest BCUT2D eigenvalue weighted by atomic mass is 16.3. The number of furan rings is 1. The van der Waals surface area contributed by atoms with Crippen molar-refractivity contribution in [1.82, 2.24) is 10.6 Å². The molecule has 0 spiro atoms. The summed E-state index contributed by atoms with van der Waals surface area (Å²) in [6, 6.07) is 58.2. The van der Waals surface area contributed by atoms with E-state index in [2.05, 4.69) is 174 Å². The van der Waals surface area contributed by atoms with E-state index in [4.69, 9.17) is 9.41 Å². The van der Waals surface area contributed by atoms with Gasteiger partial charge in [-0.3, -0.25) is 5.32 Å². The summed E-state index contributed by atoms with van der Waals surface area (Å²) >= 11 is 0. The molecule has 0 radical (unpaired) electrons. The summed E-state index contributed by atoms with van der Waals surface area (Å²) in [5.74, 6) is 0.835. The van der Waals surface area contributed by atoms with E-state index in [1.165, 1.54) is 37.9 Å². The van der Waals surface area contributed by atoms with E-state index in [-0.39, 0.29) is 12.3 Å². The number of rotatable bonds is 4. The summed E-state index contributed by atoms with van der Waals surface area (Å²) < 4.78 is 6.47. The van der Waals surface area contributed by atoms with Crippen LogP contribution >= 0.6 is 0 Å². The van der Waals surface area contributed by atoms with E-state index in [1.54, 1.807) is 0 Å². The van der Waals surface area contributed by atoms with Crippen molar-refractivity contribution in [3.05, 3.63) is 180 Å². The molecular weight excluding hydrogens is 599 g/mol. The maximum Gasteiger partial charge on any atom is 0.136 e. The zero-order valence-electron chi connectivity index (χ0n) is 26.6. The molecule has 4 nitrogen and oxygen atoms in total. The van der Waals surface area contributed by atoms with Crippen LogP contribution in [0.3, 0.4) is 0 Å². The Morgan fingerprint density at radius 2 is 1.20 bits per heavy atom. The Kier molecular flexibility index (Phi) is 6.36. The van der Waals surface area contributed by atoms with Crippen molar-refractivity contribution in [2.75, 3.05) is 0 Å². The number of benzene rings is 8. The standard InChI is InChI=1S/C45H31N3O/c1-2-11-30(12-3-1)43-46-44(35-20-17-28-9-4-5-13-31(28)26-35)48-45(47-43)38-15-8-16-41-42(38)39-27-33(22-24-40(39)49-41)32-21-23-37-34(25-32)19-18-29-10-6-7-14-36(29)37/h1-27,43-44,46H,(H,47,48). The molecule has 2 unspecified atom stereocenters. The van der Waals surface area contributed by atoms with E-state index >= 15 is 0 Å². The van der Waals surface area contributed by atoms with E-state index < -0.39 is 0 Å². The fourth-order valence-corrected chi connectivity index (χ4v) is 7.46. The van der Waals surface area contributed by atoms with Crippen LogP contribution in [0.4, 0.5) is 0 Å². The first-order chi connectivity index (χ1) is 24.2. The molecule has 4 heteroatoms. The summed E-state index contributed by atoms with van der Waals surface area (Å²) in [5, 5.41) is 17.1. The molecule has 0 fully saturated rings. The van der Waals surface area contributed by atoms with Crippen LogP contribution in [-0.2, 0) is 0 Å². The zero-order chi connectivity index (χ0) is 32.3. The molecule has 0 saturated heterocycles. The number of nitrogens with one attached hydrogen (secondary N) is 2. The molecule has 1 aromatic heterocycles. The number of fused-ring (bicyclic) bond motifs is 7.